The van der Waals surface area contributed by atoms with Crippen molar-refractivity contribution in [2.24, 2.45) is 0 Å². The lowest BCUT2D eigenvalue weighted by molar-refractivity contribution is 0.0946. The summed E-state index contributed by atoms with van der Waals surface area (Å²) in [6, 6.07) is 3.22. The molecule has 0 aromatic carbocycles. The van der Waals surface area contributed by atoms with Crippen molar-refractivity contribution in [1.82, 2.24) is 24.7 Å². The molecule has 0 unspecified atom stereocenters. The van der Waals surface area contributed by atoms with Gasteiger partial charge in [0.25, 0.3) is 5.91 Å². The number of carbonyl (C=O) groups is 1. The molecule has 3 aromatic rings. The molecule has 1 N–H and O–H groups in total. The molecule has 8 nitrogen and oxygen atoms in total. The lowest BCUT2D eigenvalue weighted by Gasteiger charge is -2.09. The smallest absolute Gasteiger partial charge is 0.257 e. The first kappa shape index (κ1) is 14.8. The molecule has 0 radical (unpaired) electrons. The predicted molar refractivity (Wildman–Crippen MR) is 81.5 cm³/mol. The van der Waals surface area contributed by atoms with Crippen LogP contribution in [0.3, 0.4) is 0 Å². The Kier molecular flexibility index (Phi) is 4.05. The molecule has 0 aliphatic carbocycles. The minimum Gasteiger partial charge on any atom is -0.481 e. The van der Waals surface area contributed by atoms with Gasteiger partial charge in [-0.2, -0.15) is 4.98 Å². The number of carbonyl (C=O) groups excluding carboxylic acids is 1. The van der Waals surface area contributed by atoms with Gasteiger partial charge in [0, 0.05) is 18.5 Å². The fourth-order valence-electron chi connectivity index (χ4n) is 2.16. The van der Waals surface area contributed by atoms with E-state index in [1.807, 2.05) is 4.40 Å². The number of methoxy groups -OCH3 is 2. The molecule has 3 rings (SSSR count). The van der Waals surface area contributed by atoms with Crippen LogP contribution >= 0.6 is 0 Å². The molecule has 1 amide bonds. The second-order valence-corrected chi connectivity index (χ2v) is 4.65. The summed E-state index contributed by atoms with van der Waals surface area (Å²) in [5, 5.41) is 2.82. The van der Waals surface area contributed by atoms with Crippen molar-refractivity contribution in [2.75, 3.05) is 14.2 Å². The molecule has 0 aliphatic heterocycles. The van der Waals surface area contributed by atoms with Crippen LogP contribution in [0.15, 0.2) is 36.9 Å². The van der Waals surface area contributed by atoms with Crippen LogP contribution in [0.2, 0.25) is 0 Å². The standard InChI is InChI=1S/C15H15N5O3/c1-22-13-4-3-11(15(19-13)23-2)14(21)18-8-10-7-17-12-9-16-5-6-20(10)12/h3-7,9H,8H2,1-2H3,(H,18,21). The van der Waals surface area contributed by atoms with E-state index in [2.05, 4.69) is 20.3 Å². The first-order chi connectivity index (χ1) is 11.2. The summed E-state index contributed by atoms with van der Waals surface area (Å²) in [5.74, 6) is 0.304. The third-order valence-electron chi connectivity index (χ3n) is 3.31. The van der Waals surface area contributed by atoms with E-state index in [0.29, 0.717) is 18.0 Å². The SMILES string of the molecule is COc1ccc(C(=O)NCc2cnc3cnccn23)c(OC)n1. The quantitative estimate of drug-likeness (QED) is 0.758. The Balaban J connectivity index is 1.77. The molecule has 0 atom stereocenters. The predicted octanol–water partition coefficient (Wildman–Crippen LogP) is 1.07. The highest BCUT2D eigenvalue weighted by Gasteiger charge is 2.15. The van der Waals surface area contributed by atoms with Gasteiger partial charge in [-0.3, -0.25) is 14.2 Å². The number of rotatable bonds is 5. The largest absolute Gasteiger partial charge is 0.481 e. The van der Waals surface area contributed by atoms with Gasteiger partial charge in [-0.15, -0.1) is 0 Å². The van der Waals surface area contributed by atoms with E-state index < -0.39 is 0 Å². The molecular formula is C15H15N5O3. The molecule has 8 heteroatoms. The van der Waals surface area contributed by atoms with E-state index >= 15 is 0 Å². The normalized spacial score (nSPS) is 10.5. The van der Waals surface area contributed by atoms with Crippen LogP contribution in [0.1, 0.15) is 16.1 Å². The number of hydrogen-bond acceptors (Lipinski definition) is 6. The summed E-state index contributed by atoms with van der Waals surface area (Å²) in [4.78, 5) is 24.7. The van der Waals surface area contributed by atoms with Crippen molar-refractivity contribution >= 4 is 11.6 Å². The number of imidazole rings is 1. The number of aromatic nitrogens is 4. The van der Waals surface area contributed by atoms with Crippen LogP contribution in [0, 0.1) is 0 Å². The lowest BCUT2D eigenvalue weighted by Crippen LogP contribution is -2.24. The zero-order valence-corrected chi connectivity index (χ0v) is 12.7. The third-order valence-corrected chi connectivity index (χ3v) is 3.31. The van der Waals surface area contributed by atoms with Crippen LogP contribution < -0.4 is 14.8 Å². The topological polar surface area (TPSA) is 90.6 Å². The van der Waals surface area contributed by atoms with Crippen molar-refractivity contribution < 1.29 is 14.3 Å². The molecule has 118 valence electrons. The first-order valence-electron chi connectivity index (χ1n) is 6.86. The van der Waals surface area contributed by atoms with E-state index in [-0.39, 0.29) is 11.8 Å². The van der Waals surface area contributed by atoms with E-state index in [4.69, 9.17) is 9.47 Å². The maximum Gasteiger partial charge on any atom is 0.257 e. The summed E-state index contributed by atoms with van der Waals surface area (Å²) in [5.41, 5.74) is 1.90. The van der Waals surface area contributed by atoms with Crippen LogP contribution in [-0.4, -0.2) is 39.5 Å². The average molecular weight is 313 g/mol. The Bertz CT molecular complexity index is 846. The Morgan fingerprint density at radius 2 is 2.13 bits per heavy atom. The van der Waals surface area contributed by atoms with Crippen LogP contribution in [0.25, 0.3) is 5.65 Å². The number of nitrogens with zero attached hydrogens (tertiary/aromatic N) is 4. The number of fused-ring (bicyclic) bond motifs is 1. The Hall–Kier alpha value is -3.16. The summed E-state index contributed by atoms with van der Waals surface area (Å²) in [6.45, 7) is 0.319. The highest BCUT2D eigenvalue weighted by Crippen LogP contribution is 2.19. The maximum absolute atomic E-state index is 12.3. The molecule has 23 heavy (non-hydrogen) atoms. The van der Waals surface area contributed by atoms with E-state index in [1.54, 1.807) is 36.9 Å². The first-order valence-corrected chi connectivity index (χ1v) is 6.86. The zero-order chi connectivity index (χ0) is 16.2. The second kappa shape index (κ2) is 6.30. The van der Waals surface area contributed by atoms with Crippen molar-refractivity contribution in [1.29, 1.82) is 0 Å². The summed E-state index contributed by atoms with van der Waals surface area (Å²) in [7, 11) is 2.96. The van der Waals surface area contributed by atoms with Gasteiger partial charge in [-0.1, -0.05) is 0 Å². The van der Waals surface area contributed by atoms with Crippen molar-refractivity contribution in [3.63, 3.8) is 0 Å². The summed E-state index contributed by atoms with van der Waals surface area (Å²) >= 11 is 0. The molecule has 0 saturated carbocycles. The monoisotopic (exact) mass is 313 g/mol. The van der Waals surface area contributed by atoms with Crippen molar-refractivity contribution in [3.8, 4) is 11.8 Å². The van der Waals surface area contributed by atoms with Crippen LogP contribution in [0.5, 0.6) is 11.8 Å². The van der Waals surface area contributed by atoms with Crippen LogP contribution in [-0.2, 0) is 6.54 Å². The second-order valence-electron chi connectivity index (χ2n) is 4.65. The van der Waals surface area contributed by atoms with Crippen LogP contribution in [0.4, 0.5) is 0 Å². The molecule has 0 bridgehead atoms. The maximum atomic E-state index is 12.3. The van der Waals surface area contributed by atoms with Gasteiger partial charge < -0.3 is 14.8 Å². The lowest BCUT2D eigenvalue weighted by atomic mass is 10.2. The van der Waals surface area contributed by atoms with E-state index in [1.165, 1.54) is 14.2 Å². The third kappa shape index (κ3) is 2.91. The minimum absolute atomic E-state index is 0.212. The van der Waals surface area contributed by atoms with Crippen molar-refractivity contribution in [3.05, 3.63) is 48.2 Å². The Morgan fingerprint density at radius 3 is 2.91 bits per heavy atom. The zero-order valence-electron chi connectivity index (χ0n) is 12.7. The molecule has 0 fully saturated rings. The summed E-state index contributed by atoms with van der Waals surface area (Å²) < 4.78 is 12.0. The minimum atomic E-state index is -0.291. The number of nitrogens with one attached hydrogen (secondary N) is 1. The van der Waals surface area contributed by atoms with Gasteiger partial charge in [0.15, 0.2) is 5.65 Å². The highest BCUT2D eigenvalue weighted by atomic mass is 16.5. The number of amides is 1. The molecule has 0 spiro atoms. The number of ether oxygens (including phenoxy) is 2. The highest BCUT2D eigenvalue weighted by molar-refractivity contribution is 5.96. The molecule has 3 heterocycles. The van der Waals surface area contributed by atoms with Gasteiger partial charge >= 0.3 is 0 Å². The van der Waals surface area contributed by atoms with Crippen molar-refractivity contribution in [2.45, 2.75) is 6.54 Å². The summed E-state index contributed by atoms with van der Waals surface area (Å²) in [6.07, 6.45) is 6.80. The van der Waals surface area contributed by atoms with E-state index in [0.717, 1.165) is 11.3 Å². The van der Waals surface area contributed by atoms with Gasteiger partial charge in [0.1, 0.15) is 5.56 Å². The fraction of sp³-hybridized carbons (Fsp3) is 0.200. The fourth-order valence-corrected chi connectivity index (χ4v) is 2.16. The average Bonchev–Trinajstić information content (AvgIpc) is 3.02. The number of hydrogen-bond donors (Lipinski definition) is 1. The Morgan fingerprint density at radius 1 is 1.26 bits per heavy atom. The molecule has 3 aromatic heterocycles. The molecule has 0 aliphatic rings. The van der Waals surface area contributed by atoms with Gasteiger partial charge in [0.2, 0.25) is 11.8 Å². The van der Waals surface area contributed by atoms with E-state index in [9.17, 15) is 4.79 Å². The Labute approximate surface area is 132 Å². The molecule has 0 saturated heterocycles. The van der Waals surface area contributed by atoms with Gasteiger partial charge in [0.05, 0.1) is 38.9 Å². The van der Waals surface area contributed by atoms with Gasteiger partial charge in [-0.05, 0) is 6.07 Å². The number of pyridine rings is 1. The van der Waals surface area contributed by atoms with Gasteiger partial charge in [-0.25, -0.2) is 4.98 Å². The molecular weight excluding hydrogens is 298 g/mol.